The lowest BCUT2D eigenvalue weighted by Crippen LogP contribution is -2.16. The van der Waals surface area contributed by atoms with Crippen LogP contribution in [0.25, 0.3) is 0 Å². The molecule has 2 rings (SSSR count). The SMILES string of the molecule is CC(=O)Nc1cc2c(cc1[N+](=O)[O-])CC(Cl)CC2. The highest BCUT2D eigenvalue weighted by Crippen LogP contribution is 2.33. The maximum atomic E-state index is 11.1. The first-order chi connectivity index (χ1) is 8.47. The van der Waals surface area contributed by atoms with E-state index in [0.29, 0.717) is 6.42 Å². The van der Waals surface area contributed by atoms with Gasteiger partial charge in [-0.15, -0.1) is 11.6 Å². The van der Waals surface area contributed by atoms with Crippen molar-refractivity contribution in [3.05, 3.63) is 33.4 Å². The average molecular weight is 269 g/mol. The Morgan fingerprint density at radius 2 is 2.22 bits per heavy atom. The van der Waals surface area contributed by atoms with Gasteiger partial charge in [0, 0.05) is 18.4 Å². The van der Waals surface area contributed by atoms with E-state index in [-0.39, 0.29) is 22.7 Å². The van der Waals surface area contributed by atoms with Gasteiger partial charge in [-0.2, -0.15) is 0 Å². The summed E-state index contributed by atoms with van der Waals surface area (Å²) in [6.07, 6.45) is 2.28. The number of alkyl halides is 1. The summed E-state index contributed by atoms with van der Waals surface area (Å²) in [5.74, 6) is -0.316. The van der Waals surface area contributed by atoms with Gasteiger partial charge in [0.05, 0.1) is 4.92 Å². The van der Waals surface area contributed by atoms with Crippen LogP contribution in [0.15, 0.2) is 12.1 Å². The number of nitro groups is 1. The number of rotatable bonds is 2. The van der Waals surface area contributed by atoms with E-state index in [2.05, 4.69) is 5.32 Å². The number of hydrogen-bond acceptors (Lipinski definition) is 3. The van der Waals surface area contributed by atoms with E-state index >= 15 is 0 Å². The largest absolute Gasteiger partial charge is 0.321 e. The zero-order valence-corrected chi connectivity index (χ0v) is 10.7. The molecule has 1 amide bonds. The molecule has 0 saturated heterocycles. The Bertz CT molecular complexity index is 516. The summed E-state index contributed by atoms with van der Waals surface area (Å²) in [4.78, 5) is 21.6. The lowest BCUT2D eigenvalue weighted by Gasteiger charge is -2.20. The number of carbonyl (C=O) groups is 1. The molecule has 0 spiro atoms. The highest BCUT2D eigenvalue weighted by Gasteiger charge is 2.23. The number of amides is 1. The van der Waals surface area contributed by atoms with E-state index in [1.165, 1.54) is 13.0 Å². The van der Waals surface area contributed by atoms with Crippen LogP contribution in [0.1, 0.15) is 24.5 Å². The van der Waals surface area contributed by atoms with Crippen molar-refractivity contribution in [3.8, 4) is 0 Å². The molecule has 1 unspecified atom stereocenters. The smallest absolute Gasteiger partial charge is 0.293 e. The third-order valence-electron chi connectivity index (χ3n) is 2.99. The van der Waals surface area contributed by atoms with Crippen LogP contribution in [0, 0.1) is 10.1 Å². The molecule has 0 fully saturated rings. The molecule has 0 aromatic heterocycles. The van der Waals surface area contributed by atoms with Gasteiger partial charge >= 0.3 is 0 Å². The van der Waals surface area contributed by atoms with Crippen molar-refractivity contribution in [1.29, 1.82) is 0 Å². The van der Waals surface area contributed by atoms with Crippen LogP contribution < -0.4 is 5.32 Å². The van der Waals surface area contributed by atoms with E-state index in [1.807, 2.05) is 0 Å². The summed E-state index contributed by atoms with van der Waals surface area (Å²) < 4.78 is 0. The topological polar surface area (TPSA) is 72.2 Å². The van der Waals surface area contributed by atoms with Gasteiger partial charge in [-0.3, -0.25) is 14.9 Å². The molecule has 0 radical (unpaired) electrons. The summed E-state index contributed by atoms with van der Waals surface area (Å²) >= 11 is 6.06. The third kappa shape index (κ3) is 2.61. The second-order valence-electron chi connectivity index (χ2n) is 4.42. The number of halogens is 1. The van der Waals surface area contributed by atoms with Gasteiger partial charge in [0.1, 0.15) is 5.69 Å². The van der Waals surface area contributed by atoms with Crippen molar-refractivity contribution in [1.82, 2.24) is 0 Å². The molecule has 6 heteroatoms. The second kappa shape index (κ2) is 4.94. The third-order valence-corrected chi connectivity index (χ3v) is 3.37. The molecule has 1 aromatic carbocycles. The fraction of sp³-hybridized carbons (Fsp3) is 0.417. The molecule has 96 valence electrons. The van der Waals surface area contributed by atoms with Crippen molar-refractivity contribution in [3.63, 3.8) is 0 Å². The van der Waals surface area contributed by atoms with Crippen LogP contribution in [-0.4, -0.2) is 16.2 Å². The van der Waals surface area contributed by atoms with Gasteiger partial charge in [-0.1, -0.05) is 0 Å². The minimum absolute atomic E-state index is 0.0312. The standard InChI is InChI=1S/C12H13ClN2O3/c1-7(16)14-11-5-8-2-3-10(13)4-9(8)6-12(11)15(17)18/h5-6,10H,2-4H2,1H3,(H,14,16). The minimum atomic E-state index is -0.483. The minimum Gasteiger partial charge on any atom is -0.321 e. The van der Waals surface area contributed by atoms with Crippen LogP contribution in [0.3, 0.4) is 0 Å². The fourth-order valence-corrected chi connectivity index (χ4v) is 2.47. The summed E-state index contributed by atoms with van der Waals surface area (Å²) in [6, 6.07) is 3.22. The normalized spacial score (nSPS) is 18.0. The van der Waals surface area contributed by atoms with Crippen LogP contribution in [0.2, 0.25) is 0 Å². The fourth-order valence-electron chi connectivity index (χ4n) is 2.19. The zero-order valence-electron chi connectivity index (χ0n) is 9.90. The van der Waals surface area contributed by atoms with Crippen LogP contribution in [0.5, 0.6) is 0 Å². The number of nitrogens with one attached hydrogen (secondary N) is 1. The Labute approximate surface area is 109 Å². The Balaban J connectivity index is 2.46. The Kier molecular flexibility index (Phi) is 3.52. The average Bonchev–Trinajstić information content (AvgIpc) is 2.27. The molecule has 1 atom stereocenters. The number of fused-ring (bicyclic) bond motifs is 1. The predicted octanol–water partition coefficient (Wildman–Crippen LogP) is 2.65. The van der Waals surface area contributed by atoms with Crippen molar-refractivity contribution in [2.75, 3.05) is 5.32 Å². The van der Waals surface area contributed by atoms with Crippen molar-refractivity contribution in [2.45, 2.75) is 31.6 Å². The summed E-state index contributed by atoms with van der Waals surface area (Å²) in [6.45, 7) is 1.33. The molecule has 5 nitrogen and oxygen atoms in total. The molecule has 1 aliphatic rings. The Morgan fingerprint density at radius 3 is 2.83 bits per heavy atom. The first kappa shape index (κ1) is 12.8. The number of hydrogen-bond donors (Lipinski definition) is 1. The van der Waals surface area contributed by atoms with E-state index in [9.17, 15) is 14.9 Å². The van der Waals surface area contributed by atoms with Crippen LogP contribution >= 0.6 is 11.6 Å². The predicted molar refractivity (Wildman–Crippen MR) is 69.1 cm³/mol. The lowest BCUT2D eigenvalue weighted by atomic mass is 9.90. The molecular formula is C12H13ClN2O3. The molecule has 0 heterocycles. The maximum Gasteiger partial charge on any atom is 0.293 e. The number of benzene rings is 1. The monoisotopic (exact) mass is 268 g/mol. The van der Waals surface area contributed by atoms with E-state index in [0.717, 1.165) is 24.0 Å². The molecule has 0 bridgehead atoms. The van der Waals surface area contributed by atoms with Gasteiger partial charge in [0.25, 0.3) is 5.69 Å². The van der Waals surface area contributed by atoms with Gasteiger partial charge in [0.15, 0.2) is 0 Å². The van der Waals surface area contributed by atoms with E-state index in [1.54, 1.807) is 6.07 Å². The maximum absolute atomic E-state index is 11.1. The zero-order chi connectivity index (χ0) is 13.3. The van der Waals surface area contributed by atoms with Gasteiger partial charge in [0.2, 0.25) is 5.91 Å². The van der Waals surface area contributed by atoms with Crippen LogP contribution in [-0.2, 0) is 17.6 Å². The van der Waals surface area contributed by atoms with E-state index in [4.69, 9.17) is 11.6 Å². The van der Waals surface area contributed by atoms with Gasteiger partial charge in [-0.25, -0.2) is 0 Å². The number of nitro benzene ring substituents is 1. The number of anilines is 1. The molecule has 18 heavy (non-hydrogen) atoms. The van der Waals surface area contributed by atoms with Gasteiger partial charge in [-0.05, 0) is 36.5 Å². The molecular weight excluding hydrogens is 256 g/mol. The summed E-state index contributed by atoms with van der Waals surface area (Å²) in [5.41, 5.74) is 2.12. The highest BCUT2D eigenvalue weighted by atomic mass is 35.5. The number of carbonyl (C=O) groups excluding carboxylic acids is 1. The van der Waals surface area contributed by atoms with Crippen LogP contribution in [0.4, 0.5) is 11.4 Å². The van der Waals surface area contributed by atoms with Crippen molar-refractivity contribution >= 4 is 28.9 Å². The van der Waals surface area contributed by atoms with E-state index < -0.39 is 4.92 Å². The molecule has 0 saturated carbocycles. The molecule has 1 N–H and O–H groups in total. The highest BCUT2D eigenvalue weighted by molar-refractivity contribution is 6.20. The number of nitrogens with zero attached hydrogens (tertiary/aromatic N) is 1. The Hall–Kier alpha value is -1.62. The molecule has 1 aliphatic carbocycles. The summed E-state index contributed by atoms with van der Waals surface area (Å²) in [7, 11) is 0. The van der Waals surface area contributed by atoms with Gasteiger partial charge < -0.3 is 5.32 Å². The number of aryl methyl sites for hydroxylation is 1. The van der Waals surface area contributed by atoms with Crippen molar-refractivity contribution < 1.29 is 9.72 Å². The van der Waals surface area contributed by atoms with Crippen molar-refractivity contribution in [2.24, 2.45) is 0 Å². The quantitative estimate of drug-likeness (QED) is 0.509. The molecule has 0 aliphatic heterocycles. The summed E-state index contributed by atoms with van der Waals surface area (Å²) in [5, 5.41) is 13.5. The lowest BCUT2D eigenvalue weighted by molar-refractivity contribution is -0.384. The Morgan fingerprint density at radius 1 is 1.50 bits per heavy atom. The first-order valence-electron chi connectivity index (χ1n) is 5.69. The second-order valence-corrected chi connectivity index (χ2v) is 5.03. The molecule has 1 aromatic rings. The first-order valence-corrected chi connectivity index (χ1v) is 6.13.